The second kappa shape index (κ2) is 10.2. The van der Waals surface area contributed by atoms with Gasteiger partial charge < -0.3 is 39.3 Å². The van der Waals surface area contributed by atoms with Crippen LogP contribution in [0.15, 0.2) is 30.3 Å². The quantitative estimate of drug-likeness (QED) is 0.567. The third-order valence-electron chi connectivity index (χ3n) is 5.35. The fraction of sp³-hybridized carbons (Fsp3) is 0.600. The largest absolute Gasteiger partial charge is 0.445 e. The maximum Gasteiger partial charge on any atom is 0.410 e. The summed E-state index contributed by atoms with van der Waals surface area (Å²) in [6.07, 6.45) is -6.68. The molecule has 10 nitrogen and oxygen atoms in total. The van der Waals surface area contributed by atoms with Crippen LogP contribution in [0.4, 0.5) is 4.79 Å². The predicted octanol–water partition coefficient (Wildman–Crippen LogP) is -0.688. The number of benzene rings is 1. The molecule has 2 aliphatic heterocycles. The number of amides is 2. The summed E-state index contributed by atoms with van der Waals surface area (Å²) < 4.78 is 15.8. The van der Waals surface area contributed by atoms with Gasteiger partial charge in [-0.2, -0.15) is 0 Å². The van der Waals surface area contributed by atoms with Crippen molar-refractivity contribution in [2.24, 2.45) is 0 Å². The minimum atomic E-state index is -1.46. The Hall–Kier alpha value is -2.24. The van der Waals surface area contributed by atoms with Crippen molar-refractivity contribution in [3.05, 3.63) is 35.9 Å². The van der Waals surface area contributed by atoms with Crippen LogP contribution in [0.5, 0.6) is 0 Å². The number of nitrogens with zero attached hydrogens (tertiary/aromatic N) is 2. The second-order valence-corrected chi connectivity index (χ2v) is 7.37. The number of methoxy groups -OCH3 is 1. The van der Waals surface area contributed by atoms with Gasteiger partial charge in [0.2, 0.25) is 5.91 Å². The van der Waals surface area contributed by atoms with Gasteiger partial charge in [-0.25, -0.2) is 4.79 Å². The molecule has 1 aromatic rings. The Morgan fingerprint density at radius 2 is 1.83 bits per heavy atom. The zero-order valence-electron chi connectivity index (χ0n) is 16.8. The second-order valence-electron chi connectivity index (χ2n) is 7.37. The van der Waals surface area contributed by atoms with E-state index in [4.69, 9.17) is 14.2 Å². The molecule has 0 radical (unpaired) electrons. The molecule has 0 bridgehead atoms. The third kappa shape index (κ3) is 5.27. The minimum Gasteiger partial charge on any atom is -0.445 e. The molecule has 1 aromatic carbocycles. The Bertz CT molecular complexity index is 716. The number of aliphatic hydroxyl groups excluding tert-OH is 3. The smallest absolute Gasteiger partial charge is 0.410 e. The molecule has 30 heavy (non-hydrogen) atoms. The maximum atomic E-state index is 12.5. The molecule has 5 atom stereocenters. The first-order valence-electron chi connectivity index (χ1n) is 9.86. The standard InChI is InChI=1S/C20H28N2O8/c1-28-19-18(26)17(25)16(24)14(30-19)11-22-10-9-21(8-7-15(22)23)20(27)29-12-13-5-3-2-4-6-13/h2-6,14,16-19,24-26H,7-12H2,1H3/t14-,16-,17+,18+,19+/m1/s1. The molecule has 0 aliphatic carbocycles. The highest BCUT2D eigenvalue weighted by Gasteiger charge is 2.45. The highest BCUT2D eigenvalue weighted by Crippen LogP contribution is 2.23. The Balaban J connectivity index is 1.54. The molecule has 2 aliphatic rings. The van der Waals surface area contributed by atoms with Crippen LogP contribution in [-0.4, -0.2) is 101 Å². The lowest BCUT2D eigenvalue weighted by atomic mass is 9.98. The Labute approximate surface area is 174 Å². The van der Waals surface area contributed by atoms with E-state index in [1.54, 1.807) is 0 Å². The summed E-state index contributed by atoms with van der Waals surface area (Å²) in [4.78, 5) is 27.8. The van der Waals surface area contributed by atoms with Gasteiger partial charge in [-0.15, -0.1) is 0 Å². The minimum absolute atomic E-state index is 0.00343. The molecular formula is C20H28N2O8. The number of ether oxygens (including phenoxy) is 3. The number of carbonyl (C=O) groups is 2. The van der Waals surface area contributed by atoms with E-state index in [0.29, 0.717) is 0 Å². The van der Waals surface area contributed by atoms with Crippen molar-refractivity contribution >= 4 is 12.0 Å². The van der Waals surface area contributed by atoms with Gasteiger partial charge in [-0.05, 0) is 5.56 Å². The Morgan fingerprint density at radius 1 is 1.10 bits per heavy atom. The lowest BCUT2D eigenvalue weighted by Gasteiger charge is -2.41. The van der Waals surface area contributed by atoms with Crippen LogP contribution in [0.2, 0.25) is 0 Å². The van der Waals surface area contributed by atoms with Gasteiger partial charge in [0.25, 0.3) is 0 Å². The van der Waals surface area contributed by atoms with Crippen molar-refractivity contribution < 1.29 is 39.1 Å². The lowest BCUT2D eigenvalue weighted by Crippen LogP contribution is -2.60. The summed E-state index contributed by atoms with van der Waals surface area (Å²) in [5.74, 6) is -0.210. The Kier molecular flexibility index (Phi) is 7.62. The van der Waals surface area contributed by atoms with Gasteiger partial charge in [0.05, 0.1) is 0 Å². The van der Waals surface area contributed by atoms with Crippen LogP contribution in [0, 0.1) is 0 Å². The lowest BCUT2D eigenvalue weighted by molar-refractivity contribution is -0.291. The van der Waals surface area contributed by atoms with E-state index in [0.717, 1.165) is 5.56 Å². The summed E-state index contributed by atoms with van der Waals surface area (Å²) in [5, 5.41) is 30.1. The van der Waals surface area contributed by atoms with Gasteiger partial charge in [0.1, 0.15) is 31.0 Å². The third-order valence-corrected chi connectivity index (χ3v) is 5.35. The van der Waals surface area contributed by atoms with Crippen LogP contribution < -0.4 is 0 Å². The van der Waals surface area contributed by atoms with Crippen molar-refractivity contribution in [1.82, 2.24) is 9.80 Å². The van der Waals surface area contributed by atoms with Crippen LogP contribution in [0.1, 0.15) is 12.0 Å². The van der Waals surface area contributed by atoms with Crippen molar-refractivity contribution in [3.8, 4) is 0 Å². The van der Waals surface area contributed by atoms with E-state index in [2.05, 4.69) is 0 Å². The Morgan fingerprint density at radius 3 is 2.53 bits per heavy atom. The fourth-order valence-electron chi connectivity index (χ4n) is 3.53. The molecule has 166 valence electrons. The summed E-state index contributed by atoms with van der Waals surface area (Å²) >= 11 is 0. The molecule has 3 rings (SSSR count). The van der Waals surface area contributed by atoms with Crippen LogP contribution in [0.3, 0.4) is 0 Å². The molecule has 0 spiro atoms. The first kappa shape index (κ1) is 22.4. The highest BCUT2D eigenvalue weighted by atomic mass is 16.7. The molecule has 0 aromatic heterocycles. The fourth-order valence-corrected chi connectivity index (χ4v) is 3.53. The van der Waals surface area contributed by atoms with E-state index < -0.39 is 36.8 Å². The zero-order chi connectivity index (χ0) is 21.7. The summed E-state index contributed by atoms with van der Waals surface area (Å²) in [6.45, 7) is 0.855. The first-order chi connectivity index (χ1) is 14.4. The average Bonchev–Trinajstić information content (AvgIpc) is 2.94. The summed E-state index contributed by atoms with van der Waals surface area (Å²) in [6, 6.07) is 9.31. The highest BCUT2D eigenvalue weighted by molar-refractivity contribution is 5.78. The van der Waals surface area contributed by atoms with Gasteiger partial charge in [0, 0.05) is 39.7 Å². The number of aliphatic hydroxyl groups is 3. The van der Waals surface area contributed by atoms with Crippen molar-refractivity contribution in [2.75, 3.05) is 33.3 Å². The van der Waals surface area contributed by atoms with Crippen LogP contribution >= 0.6 is 0 Å². The number of hydrogen-bond acceptors (Lipinski definition) is 8. The van der Waals surface area contributed by atoms with E-state index in [1.165, 1.54) is 16.9 Å². The predicted molar refractivity (Wildman–Crippen MR) is 103 cm³/mol. The summed E-state index contributed by atoms with van der Waals surface area (Å²) in [5.41, 5.74) is 0.871. The number of rotatable bonds is 5. The molecule has 2 fully saturated rings. The molecule has 2 amide bonds. The normalized spacial score (nSPS) is 30.1. The van der Waals surface area contributed by atoms with E-state index in [9.17, 15) is 24.9 Å². The van der Waals surface area contributed by atoms with Crippen molar-refractivity contribution in [2.45, 2.75) is 43.7 Å². The topological polar surface area (TPSA) is 129 Å². The zero-order valence-corrected chi connectivity index (χ0v) is 16.8. The average molecular weight is 424 g/mol. The SMILES string of the molecule is CO[C@H]1O[C@H](CN2CCN(C(=O)OCc3ccccc3)CCC2=O)[C@@H](O)[C@H](O)[C@@H]1O. The molecule has 10 heteroatoms. The maximum absolute atomic E-state index is 12.5. The van der Waals surface area contributed by atoms with Crippen molar-refractivity contribution in [1.29, 1.82) is 0 Å². The van der Waals surface area contributed by atoms with Gasteiger partial charge in [0.15, 0.2) is 6.29 Å². The van der Waals surface area contributed by atoms with E-state index in [1.807, 2.05) is 30.3 Å². The van der Waals surface area contributed by atoms with Crippen molar-refractivity contribution in [3.63, 3.8) is 0 Å². The molecule has 3 N–H and O–H groups in total. The first-order valence-corrected chi connectivity index (χ1v) is 9.86. The van der Waals surface area contributed by atoms with E-state index in [-0.39, 0.29) is 45.1 Å². The molecule has 0 saturated carbocycles. The van der Waals surface area contributed by atoms with E-state index >= 15 is 0 Å². The van der Waals surface area contributed by atoms with Crippen LogP contribution in [0.25, 0.3) is 0 Å². The number of hydrogen-bond donors (Lipinski definition) is 3. The monoisotopic (exact) mass is 424 g/mol. The molecule has 0 unspecified atom stereocenters. The van der Waals surface area contributed by atoms with Gasteiger partial charge >= 0.3 is 6.09 Å². The van der Waals surface area contributed by atoms with Gasteiger partial charge in [-0.3, -0.25) is 4.79 Å². The molecular weight excluding hydrogens is 396 g/mol. The summed E-state index contributed by atoms with van der Waals surface area (Å²) in [7, 11) is 1.31. The van der Waals surface area contributed by atoms with Crippen LogP contribution in [-0.2, 0) is 25.6 Å². The molecule has 2 saturated heterocycles. The molecule has 2 heterocycles. The number of carbonyl (C=O) groups excluding carboxylic acids is 2. The van der Waals surface area contributed by atoms with Gasteiger partial charge in [-0.1, -0.05) is 30.3 Å².